The number of rotatable bonds is 4. The Labute approximate surface area is 179 Å². The van der Waals surface area contributed by atoms with Crippen molar-refractivity contribution in [3.8, 4) is 0 Å². The lowest BCUT2D eigenvalue weighted by Gasteiger charge is -2.08. The van der Waals surface area contributed by atoms with Crippen LogP contribution in [0, 0.1) is 0 Å². The minimum absolute atomic E-state index is 0.0969. The molecule has 0 aliphatic rings. The molecule has 5 N–H and O–H groups in total. The summed E-state index contributed by atoms with van der Waals surface area (Å²) in [6, 6.07) is 8.97. The summed E-state index contributed by atoms with van der Waals surface area (Å²) in [4.78, 5) is 15.7. The summed E-state index contributed by atoms with van der Waals surface area (Å²) in [7, 11) is 0. The fourth-order valence-electron chi connectivity index (χ4n) is 1.94. The molecule has 2 aromatic carbocycles. The first kappa shape index (κ1) is 27.0. The highest BCUT2D eigenvalue weighted by Crippen LogP contribution is 2.30. The van der Waals surface area contributed by atoms with E-state index in [0.29, 0.717) is 5.02 Å². The van der Waals surface area contributed by atoms with Gasteiger partial charge in [0.25, 0.3) is 5.91 Å². The first-order valence-electron chi connectivity index (χ1n) is 9.20. The second kappa shape index (κ2) is 13.3. The van der Waals surface area contributed by atoms with Gasteiger partial charge >= 0.3 is 6.18 Å². The van der Waals surface area contributed by atoms with E-state index in [0.717, 1.165) is 12.1 Å². The van der Waals surface area contributed by atoms with Crippen LogP contribution in [-0.4, -0.2) is 11.7 Å². The number of carbonyl (C=O) groups is 1. The summed E-state index contributed by atoms with van der Waals surface area (Å²) in [5.41, 5.74) is 11.0. The van der Waals surface area contributed by atoms with Crippen LogP contribution in [0.3, 0.4) is 0 Å². The van der Waals surface area contributed by atoms with Crippen molar-refractivity contribution in [2.75, 3.05) is 11.1 Å². The average molecular weight is 443 g/mol. The van der Waals surface area contributed by atoms with E-state index < -0.39 is 17.6 Å². The van der Waals surface area contributed by atoms with Crippen molar-refractivity contribution < 1.29 is 18.0 Å². The van der Waals surface area contributed by atoms with Crippen LogP contribution in [-0.2, 0) is 6.18 Å². The Balaban J connectivity index is 0.00000198. The first-order chi connectivity index (χ1) is 14.2. The summed E-state index contributed by atoms with van der Waals surface area (Å²) >= 11 is 5.80. The summed E-state index contributed by atoms with van der Waals surface area (Å²) in [5.74, 6) is -0.847. The Hall–Kier alpha value is -3.00. The predicted molar refractivity (Wildman–Crippen MR) is 119 cm³/mol. The van der Waals surface area contributed by atoms with E-state index in [4.69, 9.17) is 23.1 Å². The number of amides is 1. The second-order valence-electron chi connectivity index (χ2n) is 5.13. The third-order valence-electron chi connectivity index (χ3n) is 3.17. The molecule has 0 aromatic heterocycles. The van der Waals surface area contributed by atoms with E-state index in [1.807, 2.05) is 27.7 Å². The van der Waals surface area contributed by atoms with Crippen molar-refractivity contribution in [2.24, 2.45) is 10.7 Å². The molecule has 0 radical (unpaired) electrons. The van der Waals surface area contributed by atoms with E-state index in [1.165, 1.54) is 42.6 Å². The predicted octanol–water partition coefficient (Wildman–Crippen LogP) is 6.12. The number of hydrogen-bond acceptors (Lipinski definition) is 3. The maximum Gasteiger partial charge on any atom is 0.416 e. The maximum atomic E-state index is 12.6. The number of benzene rings is 2. The van der Waals surface area contributed by atoms with E-state index in [1.54, 1.807) is 0 Å². The van der Waals surface area contributed by atoms with Crippen LogP contribution in [0.1, 0.15) is 43.6 Å². The number of aliphatic imine (C=N–C) groups is 1. The maximum absolute atomic E-state index is 12.6. The molecule has 0 saturated heterocycles. The molecule has 0 heterocycles. The molecular weight excluding hydrogens is 417 g/mol. The number of hydrogen-bond donors (Lipinski definition) is 3. The number of anilines is 2. The Bertz CT molecular complexity index is 881. The standard InChI is InChI=1S/C17H14ClF3N4O.2C2H6/c18-11-4-5-14(22)13(9-11)16(26)25-15(23)6-7-24-12-3-1-2-10(8-12)17(19,20)21;2*1-2/h1-9,24H,22H2,(H2,23,25,26);2*1-2H3/b7-6-;;. The van der Waals surface area contributed by atoms with Gasteiger partial charge in [0.2, 0.25) is 0 Å². The molecule has 0 spiro atoms. The van der Waals surface area contributed by atoms with Crippen LogP contribution in [0.25, 0.3) is 0 Å². The largest absolute Gasteiger partial charge is 0.416 e. The van der Waals surface area contributed by atoms with Crippen molar-refractivity contribution in [2.45, 2.75) is 33.9 Å². The normalized spacial score (nSPS) is 11.1. The number of carbonyl (C=O) groups excluding carboxylic acids is 1. The van der Waals surface area contributed by atoms with Gasteiger partial charge in [0.1, 0.15) is 5.84 Å². The monoisotopic (exact) mass is 442 g/mol. The molecule has 0 fully saturated rings. The second-order valence-corrected chi connectivity index (χ2v) is 5.57. The fraction of sp³-hybridized carbons (Fsp3) is 0.238. The molecule has 0 aliphatic heterocycles. The van der Waals surface area contributed by atoms with Gasteiger partial charge in [-0.3, -0.25) is 4.79 Å². The third kappa shape index (κ3) is 9.00. The number of nitrogen functional groups attached to an aromatic ring is 1. The van der Waals surface area contributed by atoms with Gasteiger partial charge in [-0.05, 0) is 42.5 Å². The van der Waals surface area contributed by atoms with Crippen molar-refractivity contribution >= 4 is 34.7 Å². The lowest BCUT2D eigenvalue weighted by Crippen LogP contribution is -2.13. The molecule has 164 valence electrons. The molecule has 2 rings (SSSR count). The van der Waals surface area contributed by atoms with Crippen LogP contribution in [0.4, 0.5) is 24.5 Å². The summed E-state index contributed by atoms with van der Waals surface area (Å²) in [5, 5.41) is 2.94. The van der Waals surface area contributed by atoms with Crippen molar-refractivity contribution in [3.63, 3.8) is 0 Å². The van der Waals surface area contributed by atoms with Gasteiger partial charge in [0.15, 0.2) is 0 Å². The highest BCUT2D eigenvalue weighted by molar-refractivity contribution is 6.31. The summed E-state index contributed by atoms with van der Waals surface area (Å²) in [6.45, 7) is 8.00. The third-order valence-corrected chi connectivity index (χ3v) is 3.41. The number of nitrogens with two attached hydrogens (primary N) is 2. The zero-order chi connectivity index (χ0) is 23.3. The zero-order valence-electron chi connectivity index (χ0n) is 17.2. The topological polar surface area (TPSA) is 93.5 Å². The van der Waals surface area contributed by atoms with Gasteiger partial charge in [-0.1, -0.05) is 45.4 Å². The molecule has 0 atom stereocenters. The van der Waals surface area contributed by atoms with E-state index in [9.17, 15) is 18.0 Å². The van der Waals surface area contributed by atoms with Gasteiger partial charge in [-0.15, -0.1) is 0 Å². The van der Waals surface area contributed by atoms with Crippen LogP contribution in [0.2, 0.25) is 5.02 Å². The quantitative estimate of drug-likeness (QED) is 0.302. The molecule has 1 amide bonds. The Morgan fingerprint density at radius 1 is 1.10 bits per heavy atom. The molecule has 0 saturated carbocycles. The van der Waals surface area contributed by atoms with Crippen LogP contribution in [0.5, 0.6) is 0 Å². The van der Waals surface area contributed by atoms with Gasteiger partial charge < -0.3 is 16.8 Å². The lowest BCUT2D eigenvalue weighted by atomic mass is 10.2. The van der Waals surface area contributed by atoms with Crippen molar-refractivity contribution in [1.82, 2.24) is 0 Å². The van der Waals surface area contributed by atoms with Crippen LogP contribution < -0.4 is 16.8 Å². The van der Waals surface area contributed by atoms with Crippen LogP contribution in [0.15, 0.2) is 59.7 Å². The number of alkyl halides is 3. The number of amidine groups is 1. The van der Waals surface area contributed by atoms with E-state index >= 15 is 0 Å². The fourth-order valence-corrected chi connectivity index (χ4v) is 2.11. The Morgan fingerprint density at radius 2 is 1.73 bits per heavy atom. The highest BCUT2D eigenvalue weighted by Gasteiger charge is 2.30. The molecule has 5 nitrogen and oxygen atoms in total. The van der Waals surface area contributed by atoms with Gasteiger partial charge in [0.05, 0.1) is 11.1 Å². The molecule has 0 aliphatic carbocycles. The van der Waals surface area contributed by atoms with E-state index in [-0.39, 0.29) is 22.8 Å². The Morgan fingerprint density at radius 3 is 2.33 bits per heavy atom. The minimum atomic E-state index is -4.44. The molecule has 0 unspecified atom stereocenters. The van der Waals surface area contributed by atoms with Crippen molar-refractivity contribution in [1.29, 1.82) is 0 Å². The number of nitrogens with zero attached hydrogens (tertiary/aromatic N) is 1. The van der Waals surface area contributed by atoms with Gasteiger partial charge in [-0.2, -0.15) is 18.2 Å². The molecule has 9 heteroatoms. The van der Waals surface area contributed by atoms with Gasteiger partial charge in [-0.25, -0.2) is 0 Å². The minimum Gasteiger partial charge on any atom is -0.398 e. The molecule has 2 aromatic rings. The van der Waals surface area contributed by atoms with Crippen LogP contribution >= 0.6 is 11.6 Å². The first-order valence-corrected chi connectivity index (χ1v) is 9.58. The Kier molecular flexibility index (Phi) is 11.9. The van der Waals surface area contributed by atoms with E-state index in [2.05, 4.69) is 10.3 Å². The zero-order valence-corrected chi connectivity index (χ0v) is 18.0. The summed E-state index contributed by atoms with van der Waals surface area (Å²) < 4.78 is 37.9. The van der Waals surface area contributed by atoms with Crippen molar-refractivity contribution in [3.05, 3.63) is 70.9 Å². The number of halogens is 4. The molecular formula is C21H26ClF3N4O. The molecule has 0 bridgehead atoms. The smallest absolute Gasteiger partial charge is 0.398 e. The average Bonchev–Trinajstić information content (AvgIpc) is 2.72. The van der Waals surface area contributed by atoms with Gasteiger partial charge in [0, 0.05) is 22.6 Å². The highest BCUT2D eigenvalue weighted by atomic mass is 35.5. The molecule has 30 heavy (non-hydrogen) atoms. The summed E-state index contributed by atoms with van der Waals surface area (Å²) in [6.07, 6.45) is -1.94. The lowest BCUT2D eigenvalue weighted by molar-refractivity contribution is -0.137. The SMILES string of the molecule is CC.CC.NC(/C=C\Nc1cccc(C(F)(F)F)c1)=NC(=O)c1cc(Cl)ccc1N. The number of nitrogens with one attached hydrogen (secondary N) is 1.